The zero-order chi connectivity index (χ0) is 15.1. The molecule has 2 aliphatic carbocycles. The first-order valence-corrected chi connectivity index (χ1v) is 8.36. The lowest BCUT2D eigenvalue weighted by Gasteiger charge is -2.26. The summed E-state index contributed by atoms with van der Waals surface area (Å²) in [6, 6.07) is 2.09. The Bertz CT molecular complexity index is 696. The molecule has 0 atom stereocenters. The van der Waals surface area contributed by atoms with Gasteiger partial charge in [0.25, 0.3) is 5.91 Å². The number of nitrogens with one attached hydrogen (secondary N) is 2. The molecule has 2 N–H and O–H groups in total. The third kappa shape index (κ3) is 2.60. The van der Waals surface area contributed by atoms with Crippen LogP contribution in [0.3, 0.4) is 0 Å². The Balaban J connectivity index is 1.55. The normalized spacial score (nSPS) is 25.3. The zero-order valence-corrected chi connectivity index (χ0v) is 12.9. The lowest BCUT2D eigenvalue weighted by atomic mass is 9.87. The Morgan fingerprint density at radius 3 is 2.73 bits per heavy atom. The number of pyridine rings is 1. The average molecular weight is 298 g/mol. The summed E-state index contributed by atoms with van der Waals surface area (Å²) in [6.07, 6.45) is 8.61. The highest BCUT2D eigenvalue weighted by Gasteiger charge is 2.28. The number of hydrogen-bond donors (Lipinski definition) is 2. The van der Waals surface area contributed by atoms with E-state index in [0.29, 0.717) is 23.2 Å². The van der Waals surface area contributed by atoms with Crippen molar-refractivity contribution in [2.24, 2.45) is 5.92 Å². The topological polar surface area (TPSA) is 70.7 Å². The predicted octanol–water partition coefficient (Wildman–Crippen LogP) is 3.14. The monoisotopic (exact) mass is 298 g/mol. The van der Waals surface area contributed by atoms with Crippen LogP contribution in [0.4, 0.5) is 0 Å². The third-order valence-electron chi connectivity index (χ3n) is 4.97. The molecule has 22 heavy (non-hydrogen) atoms. The van der Waals surface area contributed by atoms with Crippen molar-refractivity contribution in [1.82, 2.24) is 20.3 Å². The second-order valence-corrected chi connectivity index (χ2v) is 6.88. The standard InChI is InChI=1S/C17H22N4O/c1-10-2-6-12(7-3-10)19-17(22)13-8-9-18-16-14(13)20-15(21-16)11-4-5-11/h8-12H,2-7H2,1H3,(H,19,22)(H,18,20,21). The molecule has 2 saturated carbocycles. The number of H-pyrrole nitrogens is 1. The smallest absolute Gasteiger partial charge is 0.253 e. The molecular formula is C17H22N4O. The highest BCUT2D eigenvalue weighted by molar-refractivity contribution is 6.04. The van der Waals surface area contributed by atoms with Gasteiger partial charge in [-0.1, -0.05) is 6.92 Å². The van der Waals surface area contributed by atoms with Crippen molar-refractivity contribution in [3.8, 4) is 0 Å². The van der Waals surface area contributed by atoms with Crippen LogP contribution in [0.25, 0.3) is 11.2 Å². The minimum absolute atomic E-state index is 0.00190. The van der Waals surface area contributed by atoms with E-state index in [4.69, 9.17) is 0 Å². The molecule has 2 aromatic rings. The van der Waals surface area contributed by atoms with Gasteiger partial charge in [-0.15, -0.1) is 0 Å². The molecule has 0 aromatic carbocycles. The molecule has 0 saturated heterocycles. The highest BCUT2D eigenvalue weighted by Crippen LogP contribution is 2.39. The summed E-state index contributed by atoms with van der Waals surface area (Å²) >= 11 is 0. The maximum Gasteiger partial charge on any atom is 0.253 e. The Hall–Kier alpha value is -1.91. The summed E-state index contributed by atoms with van der Waals surface area (Å²) in [5.41, 5.74) is 2.11. The fraction of sp³-hybridized carbons (Fsp3) is 0.588. The first-order valence-electron chi connectivity index (χ1n) is 8.36. The number of carbonyl (C=O) groups is 1. The first-order chi connectivity index (χ1) is 10.7. The lowest BCUT2D eigenvalue weighted by Crippen LogP contribution is -2.37. The molecular weight excluding hydrogens is 276 g/mol. The van der Waals surface area contributed by atoms with Gasteiger partial charge in [0.2, 0.25) is 0 Å². The van der Waals surface area contributed by atoms with E-state index in [1.54, 1.807) is 12.3 Å². The summed E-state index contributed by atoms with van der Waals surface area (Å²) in [5, 5.41) is 3.19. The van der Waals surface area contributed by atoms with E-state index in [2.05, 4.69) is 27.2 Å². The summed E-state index contributed by atoms with van der Waals surface area (Å²) in [7, 11) is 0. The van der Waals surface area contributed by atoms with Gasteiger partial charge < -0.3 is 10.3 Å². The molecule has 5 nitrogen and oxygen atoms in total. The van der Waals surface area contributed by atoms with E-state index in [1.165, 1.54) is 25.7 Å². The molecule has 1 amide bonds. The van der Waals surface area contributed by atoms with Gasteiger partial charge in [-0.3, -0.25) is 4.79 Å². The fourth-order valence-electron chi connectivity index (χ4n) is 3.34. The second-order valence-electron chi connectivity index (χ2n) is 6.88. The maximum atomic E-state index is 12.6. The average Bonchev–Trinajstić information content (AvgIpc) is 3.28. The van der Waals surface area contributed by atoms with Gasteiger partial charge in [-0.25, -0.2) is 9.97 Å². The summed E-state index contributed by atoms with van der Waals surface area (Å²) in [4.78, 5) is 24.8. The van der Waals surface area contributed by atoms with Crippen LogP contribution in [-0.4, -0.2) is 26.9 Å². The molecule has 0 unspecified atom stereocenters. The number of imidazole rings is 1. The number of aromatic nitrogens is 3. The van der Waals surface area contributed by atoms with Crippen LogP contribution < -0.4 is 5.32 Å². The van der Waals surface area contributed by atoms with Crippen molar-refractivity contribution >= 4 is 17.1 Å². The molecule has 2 aromatic heterocycles. The number of rotatable bonds is 3. The molecule has 2 fully saturated rings. The minimum Gasteiger partial charge on any atom is -0.349 e. The van der Waals surface area contributed by atoms with Gasteiger partial charge in [0.15, 0.2) is 5.65 Å². The predicted molar refractivity (Wildman–Crippen MR) is 84.7 cm³/mol. The Morgan fingerprint density at radius 1 is 1.23 bits per heavy atom. The summed E-state index contributed by atoms with van der Waals surface area (Å²) in [5.74, 6) is 2.30. The van der Waals surface area contributed by atoms with Crippen molar-refractivity contribution in [3.05, 3.63) is 23.7 Å². The van der Waals surface area contributed by atoms with Gasteiger partial charge >= 0.3 is 0 Å². The van der Waals surface area contributed by atoms with Crippen molar-refractivity contribution < 1.29 is 4.79 Å². The van der Waals surface area contributed by atoms with Crippen molar-refractivity contribution in [2.45, 2.75) is 57.4 Å². The molecule has 0 spiro atoms. The van der Waals surface area contributed by atoms with Crippen LogP contribution >= 0.6 is 0 Å². The van der Waals surface area contributed by atoms with Crippen LogP contribution in [0, 0.1) is 5.92 Å². The molecule has 2 aliphatic rings. The number of nitrogens with zero attached hydrogens (tertiary/aromatic N) is 2. The number of hydrogen-bond acceptors (Lipinski definition) is 3. The Kier molecular flexibility index (Phi) is 3.36. The number of aromatic amines is 1. The third-order valence-corrected chi connectivity index (χ3v) is 4.97. The van der Waals surface area contributed by atoms with Gasteiger partial charge in [0.1, 0.15) is 5.82 Å². The Morgan fingerprint density at radius 2 is 2.00 bits per heavy atom. The lowest BCUT2D eigenvalue weighted by molar-refractivity contribution is 0.0924. The van der Waals surface area contributed by atoms with Crippen molar-refractivity contribution in [2.75, 3.05) is 0 Å². The van der Waals surface area contributed by atoms with E-state index in [1.807, 2.05) is 0 Å². The maximum absolute atomic E-state index is 12.6. The van der Waals surface area contributed by atoms with E-state index in [0.717, 1.165) is 30.1 Å². The second kappa shape index (κ2) is 5.38. The molecule has 5 heteroatoms. The van der Waals surface area contributed by atoms with Crippen LogP contribution in [0.15, 0.2) is 12.3 Å². The SMILES string of the molecule is CC1CCC(NC(=O)c2ccnc3nc(C4CC4)[nH]c23)CC1. The van der Waals surface area contributed by atoms with Gasteiger partial charge in [-0.05, 0) is 50.5 Å². The van der Waals surface area contributed by atoms with Crippen LogP contribution in [-0.2, 0) is 0 Å². The van der Waals surface area contributed by atoms with Gasteiger partial charge in [0, 0.05) is 18.2 Å². The van der Waals surface area contributed by atoms with Gasteiger partial charge in [-0.2, -0.15) is 0 Å². The molecule has 2 heterocycles. The fourth-order valence-corrected chi connectivity index (χ4v) is 3.34. The number of fused-ring (bicyclic) bond motifs is 1. The van der Waals surface area contributed by atoms with E-state index >= 15 is 0 Å². The first kappa shape index (κ1) is 13.7. The summed E-state index contributed by atoms with van der Waals surface area (Å²) < 4.78 is 0. The van der Waals surface area contributed by atoms with Crippen molar-refractivity contribution in [3.63, 3.8) is 0 Å². The molecule has 0 aliphatic heterocycles. The number of carbonyl (C=O) groups excluding carboxylic acids is 1. The van der Waals surface area contributed by atoms with E-state index < -0.39 is 0 Å². The zero-order valence-electron chi connectivity index (χ0n) is 12.9. The molecule has 0 radical (unpaired) electrons. The van der Waals surface area contributed by atoms with Crippen LogP contribution in [0.2, 0.25) is 0 Å². The quantitative estimate of drug-likeness (QED) is 0.914. The Labute approximate surface area is 129 Å². The molecule has 116 valence electrons. The van der Waals surface area contributed by atoms with E-state index in [-0.39, 0.29) is 5.91 Å². The molecule has 0 bridgehead atoms. The van der Waals surface area contributed by atoms with Crippen LogP contribution in [0.1, 0.15) is 67.5 Å². The van der Waals surface area contributed by atoms with Crippen molar-refractivity contribution in [1.29, 1.82) is 0 Å². The molecule has 4 rings (SSSR count). The van der Waals surface area contributed by atoms with Gasteiger partial charge in [0.05, 0.1) is 11.1 Å². The summed E-state index contributed by atoms with van der Waals surface area (Å²) in [6.45, 7) is 2.29. The largest absolute Gasteiger partial charge is 0.349 e. The number of amides is 1. The van der Waals surface area contributed by atoms with E-state index in [9.17, 15) is 4.79 Å². The highest BCUT2D eigenvalue weighted by atomic mass is 16.1. The minimum atomic E-state index is -0.00190. The van der Waals surface area contributed by atoms with Crippen LogP contribution in [0.5, 0.6) is 0 Å².